The molecule has 0 spiro atoms. The van der Waals surface area contributed by atoms with Crippen LogP contribution >= 0.6 is 11.3 Å². The molecule has 3 N–H and O–H groups in total. The number of hydrogen-bond acceptors (Lipinski definition) is 9. The minimum absolute atomic E-state index is 0.0736. The van der Waals surface area contributed by atoms with E-state index >= 15 is 0 Å². The molecule has 13 heteroatoms. The molecule has 3 aromatic rings. The van der Waals surface area contributed by atoms with Crippen LogP contribution in [0.4, 0.5) is 20.4 Å². The van der Waals surface area contributed by atoms with Crippen LogP contribution in [-0.4, -0.2) is 56.8 Å². The van der Waals surface area contributed by atoms with Crippen molar-refractivity contribution in [2.45, 2.75) is 31.1 Å². The Labute approximate surface area is 207 Å². The van der Waals surface area contributed by atoms with Crippen LogP contribution in [0.25, 0.3) is 10.6 Å². The second-order valence-corrected chi connectivity index (χ2v) is 10.9. The summed E-state index contributed by atoms with van der Waals surface area (Å²) in [6.45, 7) is 4.22. The summed E-state index contributed by atoms with van der Waals surface area (Å²) in [5, 5.41) is 7.09. The molecule has 2 atom stereocenters. The Hall–Kier alpha value is -2.74. The normalized spacial score (nSPS) is 19.1. The summed E-state index contributed by atoms with van der Waals surface area (Å²) in [6, 6.07) is 4.03. The number of piperidine rings is 1. The molecule has 0 amide bonds. The van der Waals surface area contributed by atoms with Gasteiger partial charge in [0, 0.05) is 30.9 Å². The van der Waals surface area contributed by atoms with Crippen molar-refractivity contribution >= 4 is 34.0 Å². The molecule has 5 rings (SSSR count). The first kappa shape index (κ1) is 24.0. The second kappa shape index (κ2) is 10.5. The van der Waals surface area contributed by atoms with Gasteiger partial charge in [0.1, 0.15) is 32.5 Å². The third-order valence-electron chi connectivity index (χ3n) is 5.56. The largest absolute Gasteiger partial charge is 0.437 e. The third kappa shape index (κ3) is 5.58. The molecule has 1 aromatic carbocycles. The van der Waals surface area contributed by atoms with Crippen molar-refractivity contribution in [3.05, 3.63) is 41.0 Å². The van der Waals surface area contributed by atoms with Gasteiger partial charge in [-0.25, -0.2) is 27.9 Å². The van der Waals surface area contributed by atoms with Crippen molar-refractivity contribution in [1.82, 2.24) is 20.3 Å². The number of benzene rings is 1. The number of nitrogens with one attached hydrogen (secondary N) is 3. The maximum absolute atomic E-state index is 14.7. The van der Waals surface area contributed by atoms with E-state index in [2.05, 4.69) is 30.3 Å². The fourth-order valence-corrected chi connectivity index (χ4v) is 5.51. The van der Waals surface area contributed by atoms with E-state index in [0.29, 0.717) is 21.5 Å². The van der Waals surface area contributed by atoms with Crippen LogP contribution in [0.2, 0.25) is 0 Å². The van der Waals surface area contributed by atoms with Gasteiger partial charge < -0.3 is 20.1 Å². The van der Waals surface area contributed by atoms with Crippen molar-refractivity contribution in [3.8, 4) is 22.2 Å². The molecular formula is C22H24F2N6O3S2. The number of nitrogens with zero attached hydrogens (tertiary/aromatic N) is 3. The molecule has 0 bridgehead atoms. The summed E-state index contributed by atoms with van der Waals surface area (Å²) < 4.78 is 54.6. The summed E-state index contributed by atoms with van der Waals surface area (Å²) in [7, 11) is -1.66. The topological polar surface area (TPSA) is 110 Å². The van der Waals surface area contributed by atoms with Gasteiger partial charge in [-0.3, -0.25) is 4.72 Å². The molecule has 0 saturated carbocycles. The van der Waals surface area contributed by atoms with Gasteiger partial charge in [0.15, 0.2) is 11.6 Å². The van der Waals surface area contributed by atoms with Gasteiger partial charge in [-0.05, 0) is 32.4 Å². The molecule has 2 saturated heterocycles. The Kier molecular flexibility index (Phi) is 7.18. The van der Waals surface area contributed by atoms with E-state index in [9.17, 15) is 13.0 Å². The lowest BCUT2D eigenvalue weighted by molar-refractivity contribution is 0.0437. The van der Waals surface area contributed by atoms with Crippen LogP contribution in [0.5, 0.6) is 11.6 Å². The van der Waals surface area contributed by atoms with Crippen LogP contribution in [-0.2, 0) is 15.7 Å². The summed E-state index contributed by atoms with van der Waals surface area (Å²) in [5.74, 6) is -1.24. The van der Waals surface area contributed by atoms with Crippen LogP contribution in [0.15, 0.2) is 24.4 Å². The lowest BCUT2D eigenvalue weighted by Gasteiger charge is -2.25. The third-order valence-corrected chi connectivity index (χ3v) is 7.82. The van der Waals surface area contributed by atoms with Gasteiger partial charge in [0.2, 0.25) is 11.8 Å². The average molecular weight is 523 g/mol. The van der Waals surface area contributed by atoms with Gasteiger partial charge in [-0.1, -0.05) is 0 Å². The highest BCUT2D eigenvalue weighted by atomic mass is 32.2. The molecule has 2 aliphatic heterocycles. The molecule has 0 radical (unpaired) electrons. The summed E-state index contributed by atoms with van der Waals surface area (Å²) in [5.41, 5.74) is 0.116. The lowest BCUT2D eigenvalue weighted by Crippen LogP contribution is -2.40. The van der Waals surface area contributed by atoms with E-state index < -0.39 is 28.3 Å². The van der Waals surface area contributed by atoms with Crippen molar-refractivity contribution in [2.24, 2.45) is 0 Å². The molecule has 2 aliphatic rings. The zero-order chi connectivity index (χ0) is 24.4. The summed E-state index contributed by atoms with van der Waals surface area (Å²) in [6.07, 6.45) is 3.75. The van der Waals surface area contributed by atoms with Crippen molar-refractivity contribution in [2.75, 3.05) is 36.3 Å². The fraction of sp³-hybridized carbons (Fsp3) is 0.409. The molecular weight excluding hydrogens is 498 g/mol. The Morgan fingerprint density at radius 2 is 2.06 bits per heavy atom. The Bertz CT molecular complexity index is 1210. The monoisotopic (exact) mass is 522 g/mol. The molecule has 2 fully saturated rings. The maximum Gasteiger partial charge on any atom is 0.240 e. The van der Waals surface area contributed by atoms with Gasteiger partial charge in [-0.15, -0.1) is 11.3 Å². The number of rotatable bonds is 8. The Morgan fingerprint density at radius 3 is 2.74 bits per heavy atom. The van der Waals surface area contributed by atoms with Gasteiger partial charge in [-0.2, -0.15) is 0 Å². The predicted octanol–water partition coefficient (Wildman–Crippen LogP) is 3.62. The minimum Gasteiger partial charge on any atom is -0.437 e. The van der Waals surface area contributed by atoms with Gasteiger partial charge >= 0.3 is 0 Å². The predicted molar refractivity (Wildman–Crippen MR) is 130 cm³/mol. The summed E-state index contributed by atoms with van der Waals surface area (Å²) in [4.78, 5) is 13.9. The number of hydrogen-bond donors (Lipinski definition) is 3. The van der Waals surface area contributed by atoms with E-state index in [0.717, 1.165) is 38.1 Å². The van der Waals surface area contributed by atoms with Gasteiger partial charge in [0.25, 0.3) is 0 Å². The fourth-order valence-electron chi connectivity index (χ4n) is 3.69. The quantitative estimate of drug-likeness (QED) is 0.412. The van der Waals surface area contributed by atoms with Crippen LogP contribution < -0.4 is 20.1 Å². The highest BCUT2D eigenvalue weighted by Crippen LogP contribution is 2.38. The Balaban J connectivity index is 1.35. The number of halogens is 2. The highest BCUT2D eigenvalue weighted by Gasteiger charge is 2.27. The first-order valence-electron chi connectivity index (χ1n) is 11.2. The number of aromatic nitrogens is 3. The first-order chi connectivity index (χ1) is 17.0. The molecule has 0 aliphatic carbocycles. The summed E-state index contributed by atoms with van der Waals surface area (Å²) >= 11 is 1.36. The van der Waals surface area contributed by atoms with Crippen LogP contribution in [0.1, 0.15) is 17.8 Å². The standard InChI is InChI=1S/C22H24F2N6O3S2/c1-12-27-21(20(34-12)18-4-6-26-22(29-18)28-13-3-2-5-25-9-13)33-14-7-16(23)19(17(24)8-14)30-35(31)15-10-32-11-15/h4,6-8,13,15,25,30H,2-3,5,9-11H2,1H3,(H,26,28,29). The maximum atomic E-state index is 14.7. The van der Waals surface area contributed by atoms with Crippen molar-refractivity contribution in [1.29, 1.82) is 0 Å². The lowest BCUT2D eigenvalue weighted by atomic mass is 10.1. The van der Waals surface area contributed by atoms with E-state index in [1.165, 1.54) is 11.3 Å². The zero-order valence-electron chi connectivity index (χ0n) is 18.8. The number of anilines is 2. The van der Waals surface area contributed by atoms with E-state index in [-0.39, 0.29) is 36.1 Å². The number of aryl methyl sites for hydroxylation is 1. The second-order valence-electron chi connectivity index (χ2n) is 8.24. The van der Waals surface area contributed by atoms with Crippen molar-refractivity contribution in [3.63, 3.8) is 0 Å². The molecule has 35 heavy (non-hydrogen) atoms. The van der Waals surface area contributed by atoms with Crippen LogP contribution in [0, 0.1) is 18.6 Å². The smallest absolute Gasteiger partial charge is 0.240 e. The van der Waals surface area contributed by atoms with Gasteiger partial charge in [0.05, 0.1) is 23.9 Å². The van der Waals surface area contributed by atoms with Crippen LogP contribution in [0.3, 0.4) is 0 Å². The molecule has 9 nitrogen and oxygen atoms in total. The van der Waals surface area contributed by atoms with E-state index in [1.807, 2.05) is 6.92 Å². The zero-order valence-corrected chi connectivity index (χ0v) is 20.5. The van der Waals surface area contributed by atoms with E-state index in [4.69, 9.17) is 9.47 Å². The van der Waals surface area contributed by atoms with Crippen molar-refractivity contribution < 1.29 is 22.5 Å². The van der Waals surface area contributed by atoms with E-state index in [1.54, 1.807) is 12.3 Å². The minimum atomic E-state index is -1.66. The molecule has 2 aromatic heterocycles. The Morgan fingerprint density at radius 1 is 1.26 bits per heavy atom. The molecule has 4 heterocycles. The molecule has 186 valence electrons. The SMILES string of the molecule is Cc1nc(Oc2cc(F)c(NS(=O)C3COC3)c(F)c2)c(-c2ccnc(NC3CCCNC3)n2)s1. The first-order valence-corrected chi connectivity index (χ1v) is 13.2. The molecule has 2 unspecified atom stereocenters. The average Bonchev–Trinajstić information content (AvgIpc) is 3.16. The number of ether oxygens (including phenoxy) is 2. The number of thiazole rings is 1. The highest BCUT2D eigenvalue weighted by molar-refractivity contribution is 7.87.